The van der Waals surface area contributed by atoms with Gasteiger partial charge in [0.1, 0.15) is 11.4 Å². The van der Waals surface area contributed by atoms with Crippen molar-refractivity contribution in [1.82, 2.24) is 0 Å². The van der Waals surface area contributed by atoms with Gasteiger partial charge in [-0.25, -0.2) is 22.0 Å². The van der Waals surface area contributed by atoms with Crippen molar-refractivity contribution in [2.45, 2.75) is 0 Å². The van der Waals surface area contributed by atoms with Gasteiger partial charge in [0.25, 0.3) is 0 Å². The highest BCUT2D eigenvalue weighted by Crippen LogP contribution is 2.27. The zero-order valence-electron chi connectivity index (χ0n) is 10.5. The maximum absolute atomic E-state index is 13.4. The third-order valence-corrected chi connectivity index (χ3v) is 3.07. The summed E-state index contributed by atoms with van der Waals surface area (Å²) in [5.74, 6) is -10.7. The molecule has 0 amide bonds. The van der Waals surface area contributed by atoms with Gasteiger partial charge in [0.2, 0.25) is 5.82 Å². The molecule has 2 aromatic rings. The normalized spacial score (nSPS) is 11.2. The van der Waals surface area contributed by atoms with Crippen LogP contribution < -0.4 is 5.43 Å². The molecule has 9 heteroatoms. The summed E-state index contributed by atoms with van der Waals surface area (Å²) >= 11 is 3.13. The second-order valence-corrected chi connectivity index (χ2v) is 4.93. The van der Waals surface area contributed by atoms with E-state index in [-0.39, 0.29) is 11.3 Å². The Labute approximate surface area is 129 Å². The average Bonchev–Trinajstić information content (AvgIpc) is 2.50. The van der Waals surface area contributed by atoms with Gasteiger partial charge in [-0.3, -0.25) is 5.43 Å². The Morgan fingerprint density at radius 1 is 0.955 bits per heavy atom. The number of hydrogen-bond donors (Lipinski definition) is 2. The van der Waals surface area contributed by atoms with Crippen LogP contribution in [0.4, 0.5) is 27.6 Å². The van der Waals surface area contributed by atoms with Crippen molar-refractivity contribution in [3.63, 3.8) is 0 Å². The SMILES string of the molecule is Oc1ccc(Br)cc1C=NNc1c(F)c(F)c(F)c(F)c1F. The summed E-state index contributed by atoms with van der Waals surface area (Å²) in [6.07, 6.45) is 0.956. The molecule has 0 aromatic heterocycles. The molecule has 0 fully saturated rings. The monoisotopic (exact) mass is 380 g/mol. The molecule has 0 spiro atoms. The summed E-state index contributed by atoms with van der Waals surface area (Å²) in [7, 11) is 0. The summed E-state index contributed by atoms with van der Waals surface area (Å²) in [6.45, 7) is 0. The van der Waals surface area contributed by atoms with Crippen LogP contribution in [0.1, 0.15) is 5.56 Å². The largest absolute Gasteiger partial charge is 0.507 e. The lowest BCUT2D eigenvalue weighted by Crippen LogP contribution is -2.06. The molecule has 0 aliphatic carbocycles. The molecule has 0 aliphatic rings. The molecule has 2 N–H and O–H groups in total. The van der Waals surface area contributed by atoms with E-state index in [1.54, 1.807) is 5.43 Å². The highest BCUT2D eigenvalue weighted by molar-refractivity contribution is 9.10. The number of rotatable bonds is 3. The topological polar surface area (TPSA) is 44.6 Å². The van der Waals surface area contributed by atoms with Crippen LogP contribution in [-0.4, -0.2) is 11.3 Å². The van der Waals surface area contributed by atoms with Gasteiger partial charge in [-0.15, -0.1) is 0 Å². The predicted molar refractivity (Wildman–Crippen MR) is 73.3 cm³/mol. The number of nitrogens with one attached hydrogen (secondary N) is 1. The van der Waals surface area contributed by atoms with E-state index in [9.17, 15) is 27.1 Å². The summed E-state index contributed by atoms with van der Waals surface area (Å²) in [4.78, 5) is 0. The number of nitrogens with zero attached hydrogens (tertiary/aromatic N) is 1. The van der Waals surface area contributed by atoms with Gasteiger partial charge in [-0.2, -0.15) is 5.10 Å². The van der Waals surface area contributed by atoms with Crippen molar-refractivity contribution in [1.29, 1.82) is 0 Å². The molecule has 0 atom stereocenters. The third-order valence-electron chi connectivity index (χ3n) is 2.58. The molecule has 2 aromatic carbocycles. The number of phenols is 1. The first-order chi connectivity index (χ1) is 10.3. The first kappa shape index (κ1) is 16.2. The zero-order valence-corrected chi connectivity index (χ0v) is 12.1. The molecule has 0 heterocycles. The lowest BCUT2D eigenvalue weighted by atomic mass is 10.2. The molecule has 0 radical (unpaired) electrons. The number of aromatic hydroxyl groups is 1. The van der Waals surface area contributed by atoms with E-state index in [4.69, 9.17) is 0 Å². The fourth-order valence-electron chi connectivity index (χ4n) is 1.50. The molecule has 116 valence electrons. The summed E-state index contributed by atoms with van der Waals surface area (Å²) in [6, 6.07) is 4.28. The van der Waals surface area contributed by atoms with E-state index < -0.39 is 34.8 Å². The van der Waals surface area contributed by atoms with E-state index in [1.807, 2.05) is 0 Å². The molecule has 3 nitrogen and oxygen atoms in total. The van der Waals surface area contributed by atoms with Gasteiger partial charge in [0.05, 0.1) is 6.21 Å². The van der Waals surface area contributed by atoms with Crippen molar-refractivity contribution in [2.75, 3.05) is 5.43 Å². The van der Waals surface area contributed by atoms with Crippen LogP contribution in [0, 0.1) is 29.1 Å². The van der Waals surface area contributed by atoms with Crippen LogP contribution in [-0.2, 0) is 0 Å². The van der Waals surface area contributed by atoms with Crippen LogP contribution in [0.5, 0.6) is 5.75 Å². The van der Waals surface area contributed by atoms with Crippen LogP contribution in [0.2, 0.25) is 0 Å². The van der Waals surface area contributed by atoms with Crippen molar-refractivity contribution < 1.29 is 27.1 Å². The summed E-state index contributed by atoms with van der Waals surface area (Å²) in [5.41, 5.74) is 0.600. The first-order valence-electron chi connectivity index (χ1n) is 5.62. The fourth-order valence-corrected chi connectivity index (χ4v) is 1.88. The van der Waals surface area contributed by atoms with Crippen molar-refractivity contribution in [2.24, 2.45) is 5.10 Å². The van der Waals surface area contributed by atoms with E-state index in [1.165, 1.54) is 18.2 Å². The molecule has 0 aliphatic heterocycles. The van der Waals surface area contributed by atoms with E-state index in [2.05, 4.69) is 21.0 Å². The Morgan fingerprint density at radius 2 is 1.50 bits per heavy atom. The highest BCUT2D eigenvalue weighted by atomic mass is 79.9. The number of halogens is 6. The minimum absolute atomic E-state index is 0.158. The zero-order chi connectivity index (χ0) is 16.4. The predicted octanol–water partition coefficient (Wildman–Crippen LogP) is 4.30. The Hall–Kier alpha value is -2.16. The Kier molecular flexibility index (Phi) is 4.65. The van der Waals surface area contributed by atoms with Crippen molar-refractivity contribution in [3.8, 4) is 5.75 Å². The van der Waals surface area contributed by atoms with E-state index >= 15 is 0 Å². The number of hydrazone groups is 1. The van der Waals surface area contributed by atoms with Gasteiger partial charge >= 0.3 is 0 Å². The quantitative estimate of drug-likeness (QED) is 0.274. The Balaban J connectivity index is 2.33. The first-order valence-corrected chi connectivity index (χ1v) is 6.41. The maximum atomic E-state index is 13.4. The Morgan fingerprint density at radius 3 is 2.09 bits per heavy atom. The number of hydrogen-bond acceptors (Lipinski definition) is 3. The number of phenolic OH excluding ortho intramolecular Hbond substituents is 1. The van der Waals surface area contributed by atoms with Gasteiger partial charge in [-0.05, 0) is 18.2 Å². The fraction of sp³-hybridized carbons (Fsp3) is 0. The van der Waals surface area contributed by atoms with Crippen LogP contribution in [0.15, 0.2) is 27.8 Å². The second kappa shape index (κ2) is 6.30. The standard InChI is InChI=1S/C13H6BrF5N2O/c14-6-1-2-7(22)5(3-6)4-20-21-13-11(18)9(16)8(15)10(17)12(13)19/h1-4,21-22H. The summed E-state index contributed by atoms with van der Waals surface area (Å²) in [5, 5.41) is 12.9. The molecule has 22 heavy (non-hydrogen) atoms. The van der Waals surface area contributed by atoms with Gasteiger partial charge < -0.3 is 5.11 Å². The summed E-state index contributed by atoms with van der Waals surface area (Å²) < 4.78 is 66.1. The van der Waals surface area contributed by atoms with Crippen LogP contribution in [0.3, 0.4) is 0 Å². The highest BCUT2D eigenvalue weighted by Gasteiger charge is 2.25. The molecule has 0 saturated carbocycles. The third kappa shape index (κ3) is 3.03. The van der Waals surface area contributed by atoms with Crippen molar-refractivity contribution >= 4 is 27.8 Å². The molecule has 0 saturated heterocycles. The average molecular weight is 381 g/mol. The Bertz CT molecular complexity index is 738. The van der Waals surface area contributed by atoms with Gasteiger partial charge in [0.15, 0.2) is 23.3 Å². The molecular weight excluding hydrogens is 375 g/mol. The molecule has 0 unspecified atom stereocenters. The second-order valence-electron chi connectivity index (χ2n) is 4.02. The van der Waals surface area contributed by atoms with Gasteiger partial charge in [0, 0.05) is 10.0 Å². The number of anilines is 1. The molecule has 2 rings (SSSR count). The lowest BCUT2D eigenvalue weighted by Gasteiger charge is -2.07. The molecular formula is C13H6BrF5N2O. The lowest BCUT2D eigenvalue weighted by molar-refractivity contribution is 0.381. The van der Waals surface area contributed by atoms with E-state index in [0.717, 1.165) is 6.21 Å². The minimum atomic E-state index is -2.26. The van der Waals surface area contributed by atoms with Crippen LogP contribution in [0.25, 0.3) is 0 Å². The smallest absolute Gasteiger partial charge is 0.200 e. The van der Waals surface area contributed by atoms with E-state index in [0.29, 0.717) is 4.47 Å². The van der Waals surface area contributed by atoms with Gasteiger partial charge in [-0.1, -0.05) is 15.9 Å². The van der Waals surface area contributed by atoms with Crippen LogP contribution >= 0.6 is 15.9 Å². The maximum Gasteiger partial charge on any atom is 0.200 e. The number of benzene rings is 2. The van der Waals surface area contributed by atoms with Crippen molar-refractivity contribution in [3.05, 3.63) is 57.3 Å². The molecule has 0 bridgehead atoms. The minimum Gasteiger partial charge on any atom is -0.507 e.